The molecule has 2 amide bonds. The summed E-state index contributed by atoms with van der Waals surface area (Å²) in [5.74, 6) is -0.632. The number of ether oxygens (including phenoxy) is 2. The molecule has 1 aromatic carbocycles. The SMILES string of the molecule is COc1ccc(C(=O)NCC(=O)NC2CC2)cc1S(=O)(=O)N1CCOCC1. The summed E-state index contributed by atoms with van der Waals surface area (Å²) in [6.45, 7) is 0.953. The van der Waals surface area contributed by atoms with Crippen LogP contribution in [0.15, 0.2) is 23.1 Å². The highest BCUT2D eigenvalue weighted by molar-refractivity contribution is 7.89. The van der Waals surface area contributed by atoms with Crippen LogP contribution in [0.4, 0.5) is 0 Å². The van der Waals surface area contributed by atoms with Gasteiger partial charge in [0.2, 0.25) is 15.9 Å². The van der Waals surface area contributed by atoms with Gasteiger partial charge in [-0.1, -0.05) is 0 Å². The maximum atomic E-state index is 12.9. The first-order valence-electron chi connectivity index (χ1n) is 8.75. The number of rotatable bonds is 7. The second-order valence-electron chi connectivity index (χ2n) is 6.41. The molecule has 1 saturated heterocycles. The van der Waals surface area contributed by atoms with E-state index in [9.17, 15) is 18.0 Å². The maximum absolute atomic E-state index is 12.9. The van der Waals surface area contributed by atoms with Crippen molar-refractivity contribution < 1.29 is 27.5 Å². The highest BCUT2D eigenvalue weighted by atomic mass is 32.2. The average Bonchev–Trinajstić information content (AvgIpc) is 3.50. The van der Waals surface area contributed by atoms with E-state index in [-0.39, 0.29) is 47.8 Å². The third-order valence-corrected chi connectivity index (χ3v) is 6.29. The van der Waals surface area contributed by atoms with Gasteiger partial charge in [-0.05, 0) is 31.0 Å². The van der Waals surface area contributed by atoms with E-state index in [0.29, 0.717) is 13.2 Å². The number of benzene rings is 1. The van der Waals surface area contributed by atoms with E-state index in [4.69, 9.17) is 9.47 Å². The quantitative estimate of drug-likeness (QED) is 0.654. The number of nitrogens with one attached hydrogen (secondary N) is 2. The van der Waals surface area contributed by atoms with E-state index in [0.717, 1.165) is 12.8 Å². The van der Waals surface area contributed by atoms with Gasteiger partial charge in [0.05, 0.1) is 26.9 Å². The predicted octanol–water partition coefficient (Wildman–Crippen LogP) is -0.275. The van der Waals surface area contributed by atoms with Crippen LogP contribution < -0.4 is 15.4 Å². The Kier molecular flexibility index (Phi) is 5.98. The molecule has 1 saturated carbocycles. The van der Waals surface area contributed by atoms with Gasteiger partial charge in [0.15, 0.2) is 0 Å². The highest BCUT2D eigenvalue weighted by Crippen LogP contribution is 2.28. The third kappa shape index (κ3) is 4.76. The van der Waals surface area contributed by atoms with Crippen LogP contribution in [-0.2, 0) is 19.6 Å². The van der Waals surface area contributed by atoms with E-state index in [1.54, 1.807) is 0 Å². The van der Waals surface area contributed by atoms with Crippen molar-refractivity contribution in [3.8, 4) is 5.75 Å². The molecule has 148 valence electrons. The fourth-order valence-electron chi connectivity index (χ4n) is 2.71. The number of morpholine rings is 1. The molecule has 2 N–H and O–H groups in total. The van der Waals surface area contributed by atoms with Crippen LogP contribution in [0.2, 0.25) is 0 Å². The van der Waals surface area contributed by atoms with Gasteiger partial charge >= 0.3 is 0 Å². The number of carbonyl (C=O) groups is 2. The summed E-state index contributed by atoms with van der Waals surface area (Å²) < 4.78 is 37.5. The molecule has 1 aliphatic carbocycles. The van der Waals surface area contributed by atoms with Crippen molar-refractivity contribution in [3.63, 3.8) is 0 Å². The molecule has 3 rings (SSSR count). The molecule has 2 aliphatic rings. The van der Waals surface area contributed by atoms with Crippen molar-refractivity contribution in [1.29, 1.82) is 0 Å². The fourth-order valence-corrected chi connectivity index (χ4v) is 4.30. The lowest BCUT2D eigenvalue weighted by molar-refractivity contribution is -0.120. The lowest BCUT2D eigenvalue weighted by atomic mass is 10.2. The van der Waals surface area contributed by atoms with Crippen LogP contribution in [-0.4, -0.2) is 70.5 Å². The van der Waals surface area contributed by atoms with Crippen molar-refractivity contribution in [2.24, 2.45) is 0 Å². The average molecular weight is 397 g/mol. The standard InChI is InChI=1S/C17H23N3O6S/c1-25-14-5-2-12(17(22)18-11-16(21)19-13-3-4-13)10-15(14)27(23,24)20-6-8-26-9-7-20/h2,5,10,13H,3-4,6-9,11H2,1H3,(H,18,22)(H,19,21). The monoisotopic (exact) mass is 397 g/mol. The van der Waals surface area contributed by atoms with Crippen molar-refractivity contribution in [3.05, 3.63) is 23.8 Å². The van der Waals surface area contributed by atoms with Gasteiger partial charge in [0.1, 0.15) is 10.6 Å². The Bertz CT molecular complexity index is 816. The predicted molar refractivity (Wildman–Crippen MR) is 96.1 cm³/mol. The Labute approximate surface area is 158 Å². The first kappa shape index (κ1) is 19.6. The molecule has 1 heterocycles. The summed E-state index contributed by atoms with van der Waals surface area (Å²) >= 11 is 0. The third-order valence-electron chi connectivity index (χ3n) is 4.37. The van der Waals surface area contributed by atoms with Crippen LogP contribution in [0, 0.1) is 0 Å². The Morgan fingerprint density at radius 2 is 1.96 bits per heavy atom. The number of sulfonamides is 1. The van der Waals surface area contributed by atoms with Gasteiger partial charge in [0, 0.05) is 24.7 Å². The summed E-state index contributed by atoms with van der Waals surface area (Å²) in [7, 11) is -2.46. The second-order valence-corrected chi connectivity index (χ2v) is 8.31. The van der Waals surface area contributed by atoms with E-state index >= 15 is 0 Å². The molecule has 0 bridgehead atoms. The van der Waals surface area contributed by atoms with Crippen LogP contribution in [0.25, 0.3) is 0 Å². The first-order chi connectivity index (χ1) is 12.9. The Hall–Kier alpha value is -2.17. The lowest BCUT2D eigenvalue weighted by Crippen LogP contribution is -2.41. The van der Waals surface area contributed by atoms with Crippen LogP contribution in [0.5, 0.6) is 5.75 Å². The molecule has 0 radical (unpaired) electrons. The molecule has 1 aliphatic heterocycles. The van der Waals surface area contributed by atoms with Gasteiger partial charge < -0.3 is 20.1 Å². The second kappa shape index (κ2) is 8.24. The van der Waals surface area contributed by atoms with Crippen molar-refractivity contribution in [2.45, 2.75) is 23.8 Å². The van der Waals surface area contributed by atoms with E-state index in [1.807, 2.05) is 0 Å². The normalized spacial score (nSPS) is 18.0. The van der Waals surface area contributed by atoms with Crippen molar-refractivity contribution >= 4 is 21.8 Å². The van der Waals surface area contributed by atoms with Gasteiger partial charge in [-0.3, -0.25) is 9.59 Å². The van der Waals surface area contributed by atoms with E-state index < -0.39 is 15.9 Å². The molecule has 0 spiro atoms. The number of amides is 2. The summed E-state index contributed by atoms with van der Waals surface area (Å²) in [6.07, 6.45) is 1.92. The van der Waals surface area contributed by atoms with Crippen molar-refractivity contribution in [1.82, 2.24) is 14.9 Å². The molecule has 2 fully saturated rings. The van der Waals surface area contributed by atoms with Crippen LogP contribution in [0.3, 0.4) is 0 Å². The van der Waals surface area contributed by atoms with Crippen LogP contribution in [0.1, 0.15) is 23.2 Å². The minimum atomic E-state index is -3.83. The highest BCUT2D eigenvalue weighted by Gasteiger charge is 2.30. The number of hydrogen-bond donors (Lipinski definition) is 2. The van der Waals surface area contributed by atoms with Crippen LogP contribution >= 0.6 is 0 Å². The molecule has 27 heavy (non-hydrogen) atoms. The maximum Gasteiger partial charge on any atom is 0.251 e. The number of nitrogens with zero attached hydrogens (tertiary/aromatic N) is 1. The minimum absolute atomic E-state index is 0.0815. The van der Waals surface area contributed by atoms with Crippen molar-refractivity contribution in [2.75, 3.05) is 40.0 Å². The Balaban J connectivity index is 1.75. The lowest BCUT2D eigenvalue weighted by Gasteiger charge is -2.26. The summed E-state index contributed by atoms with van der Waals surface area (Å²) in [5, 5.41) is 5.28. The fraction of sp³-hybridized carbons (Fsp3) is 0.529. The Morgan fingerprint density at radius 1 is 1.26 bits per heavy atom. The molecule has 9 nitrogen and oxygen atoms in total. The summed E-state index contributed by atoms with van der Waals surface area (Å²) in [6, 6.07) is 4.39. The Morgan fingerprint density at radius 3 is 2.59 bits per heavy atom. The number of hydrogen-bond acceptors (Lipinski definition) is 6. The number of methoxy groups -OCH3 is 1. The zero-order chi connectivity index (χ0) is 19.4. The van der Waals surface area contributed by atoms with E-state index in [2.05, 4.69) is 10.6 Å². The summed E-state index contributed by atoms with van der Waals surface area (Å²) in [4.78, 5) is 24.0. The number of carbonyl (C=O) groups excluding carboxylic acids is 2. The molecule has 0 aromatic heterocycles. The molecule has 1 aromatic rings. The first-order valence-corrected chi connectivity index (χ1v) is 10.2. The molecular formula is C17H23N3O6S. The topological polar surface area (TPSA) is 114 Å². The zero-order valence-electron chi connectivity index (χ0n) is 15.1. The minimum Gasteiger partial charge on any atom is -0.495 e. The van der Waals surface area contributed by atoms with Gasteiger partial charge in [-0.15, -0.1) is 0 Å². The van der Waals surface area contributed by atoms with Gasteiger partial charge in [0.25, 0.3) is 5.91 Å². The largest absolute Gasteiger partial charge is 0.495 e. The summed E-state index contributed by atoms with van der Waals surface area (Å²) in [5.41, 5.74) is 0.141. The molecule has 10 heteroatoms. The van der Waals surface area contributed by atoms with E-state index in [1.165, 1.54) is 29.6 Å². The molecule has 0 unspecified atom stereocenters. The van der Waals surface area contributed by atoms with Gasteiger partial charge in [-0.2, -0.15) is 4.31 Å². The molecule has 0 atom stereocenters. The smallest absolute Gasteiger partial charge is 0.251 e. The zero-order valence-corrected chi connectivity index (χ0v) is 15.9. The van der Waals surface area contributed by atoms with Gasteiger partial charge in [-0.25, -0.2) is 8.42 Å². The molecular weight excluding hydrogens is 374 g/mol.